The van der Waals surface area contributed by atoms with Crippen molar-refractivity contribution in [3.63, 3.8) is 0 Å². The summed E-state index contributed by atoms with van der Waals surface area (Å²) in [6.45, 7) is 2.22. The zero-order valence-corrected chi connectivity index (χ0v) is 19.9. The molecular formula is C23H25ClF3N3O3S. The van der Waals surface area contributed by atoms with Gasteiger partial charge in [0.15, 0.2) is 0 Å². The maximum absolute atomic E-state index is 13.0. The minimum absolute atomic E-state index is 0.0211. The largest absolute Gasteiger partial charge is 0.416 e. The molecule has 11 heteroatoms. The van der Waals surface area contributed by atoms with Gasteiger partial charge in [0.2, 0.25) is 15.9 Å². The van der Waals surface area contributed by atoms with E-state index in [9.17, 15) is 26.4 Å². The van der Waals surface area contributed by atoms with Gasteiger partial charge in [0.05, 0.1) is 10.5 Å². The Balaban J connectivity index is 1.31. The predicted molar refractivity (Wildman–Crippen MR) is 123 cm³/mol. The van der Waals surface area contributed by atoms with Gasteiger partial charge in [-0.3, -0.25) is 4.79 Å². The number of sulfonamides is 1. The van der Waals surface area contributed by atoms with Gasteiger partial charge in [-0.2, -0.15) is 17.5 Å². The fourth-order valence-corrected chi connectivity index (χ4v) is 6.02. The number of nitrogens with zero attached hydrogens (tertiary/aromatic N) is 3. The fraction of sp³-hybridized carbons (Fsp3) is 0.435. The van der Waals surface area contributed by atoms with Crippen LogP contribution in [0.25, 0.3) is 0 Å². The first-order valence-corrected chi connectivity index (χ1v) is 12.8. The Kier molecular flexibility index (Phi) is 7.12. The van der Waals surface area contributed by atoms with Crippen LogP contribution in [0.5, 0.6) is 0 Å². The molecule has 184 valence electrons. The van der Waals surface area contributed by atoms with E-state index >= 15 is 0 Å². The molecule has 0 unspecified atom stereocenters. The van der Waals surface area contributed by atoms with Gasteiger partial charge in [0.1, 0.15) is 0 Å². The highest BCUT2D eigenvalue weighted by Crippen LogP contribution is 2.32. The van der Waals surface area contributed by atoms with Crippen LogP contribution in [0.15, 0.2) is 53.4 Å². The van der Waals surface area contributed by atoms with Crippen molar-refractivity contribution in [2.75, 3.05) is 44.2 Å². The monoisotopic (exact) mass is 515 g/mol. The molecule has 0 aliphatic carbocycles. The second kappa shape index (κ2) is 9.75. The lowest BCUT2D eigenvalue weighted by atomic mass is 9.96. The molecule has 0 aromatic heterocycles. The molecule has 2 heterocycles. The number of benzene rings is 2. The molecule has 2 fully saturated rings. The average molecular weight is 516 g/mol. The van der Waals surface area contributed by atoms with Gasteiger partial charge in [-0.05, 0) is 55.3 Å². The molecule has 2 saturated heterocycles. The number of amides is 1. The standard InChI is InChI=1S/C23H25ClF3N3O3S/c24-19-4-6-21(7-5-19)34(32,33)30-10-8-17(9-11-30)22(31)29-14-12-28(13-15-29)20-3-1-2-18(16-20)23(25,26)27/h1-7,16-17H,8-15H2. The second-order valence-corrected chi connectivity index (χ2v) is 10.9. The number of carbonyl (C=O) groups excluding carboxylic acids is 1. The molecule has 6 nitrogen and oxygen atoms in total. The highest BCUT2D eigenvalue weighted by atomic mass is 35.5. The lowest BCUT2D eigenvalue weighted by molar-refractivity contribution is -0.137. The van der Waals surface area contributed by atoms with Crippen LogP contribution >= 0.6 is 11.6 Å². The van der Waals surface area contributed by atoms with E-state index in [0.717, 1.165) is 12.1 Å². The summed E-state index contributed by atoms with van der Waals surface area (Å²) in [7, 11) is -3.64. The van der Waals surface area contributed by atoms with Gasteiger partial charge >= 0.3 is 6.18 Å². The summed E-state index contributed by atoms with van der Waals surface area (Å²) in [6.07, 6.45) is -3.54. The van der Waals surface area contributed by atoms with Crippen LogP contribution in [-0.4, -0.2) is 62.8 Å². The van der Waals surface area contributed by atoms with Gasteiger partial charge in [-0.25, -0.2) is 8.42 Å². The Labute approximate surface area is 201 Å². The number of hydrogen-bond acceptors (Lipinski definition) is 4. The summed E-state index contributed by atoms with van der Waals surface area (Å²) in [6, 6.07) is 11.2. The van der Waals surface area contributed by atoms with Crippen molar-refractivity contribution in [3.8, 4) is 0 Å². The molecule has 0 N–H and O–H groups in total. The highest BCUT2D eigenvalue weighted by Gasteiger charge is 2.35. The summed E-state index contributed by atoms with van der Waals surface area (Å²) in [5.41, 5.74) is -0.202. The number of halogens is 4. The summed E-state index contributed by atoms with van der Waals surface area (Å²) < 4.78 is 66.1. The molecule has 2 aromatic carbocycles. The van der Waals surface area contributed by atoms with Crippen molar-refractivity contribution >= 4 is 33.2 Å². The first kappa shape index (κ1) is 24.8. The molecule has 0 spiro atoms. The predicted octanol–water partition coefficient (Wildman–Crippen LogP) is 4.11. The first-order valence-electron chi connectivity index (χ1n) is 11.0. The lowest BCUT2D eigenvalue weighted by Crippen LogP contribution is -2.52. The third kappa shape index (κ3) is 5.34. The van der Waals surface area contributed by atoms with E-state index < -0.39 is 21.8 Å². The second-order valence-electron chi connectivity index (χ2n) is 8.49. The van der Waals surface area contributed by atoms with E-state index in [1.807, 2.05) is 4.90 Å². The number of alkyl halides is 3. The molecule has 4 rings (SSSR count). The van der Waals surface area contributed by atoms with Crippen molar-refractivity contribution in [1.82, 2.24) is 9.21 Å². The van der Waals surface area contributed by atoms with Gasteiger partial charge in [0, 0.05) is 55.9 Å². The molecule has 1 amide bonds. The molecule has 0 saturated carbocycles. The van der Waals surface area contributed by atoms with Crippen molar-refractivity contribution in [2.24, 2.45) is 5.92 Å². The van der Waals surface area contributed by atoms with Crippen LogP contribution in [0.2, 0.25) is 5.02 Å². The molecule has 0 radical (unpaired) electrons. The molecule has 2 aliphatic heterocycles. The Morgan fingerprint density at radius 1 is 0.912 bits per heavy atom. The SMILES string of the molecule is O=C(C1CCN(S(=O)(=O)c2ccc(Cl)cc2)CC1)N1CCN(c2cccc(C(F)(F)F)c2)CC1. The van der Waals surface area contributed by atoms with Crippen LogP contribution in [0.4, 0.5) is 18.9 Å². The zero-order chi connectivity index (χ0) is 24.5. The minimum atomic E-state index is -4.40. The normalized spacial score (nSPS) is 18.8. The molecule has 2 aliphatic rings. The zero-order valence-electron chi connectivity index (χ0n) is 18.3. The molecular weight excluding hydrogens is 491 g/mol. The fourth-order valence-electron chi connectivity index (χ4n) is 4.42. The van der Waals surface area contributed by atoms with Crippen molar-refractivity contribution in [2.45, 2.75) is 23.9 Å². The molecule has 2 aromatic rings. The van der Waals surface area contributed by atoms with E-state index in [1.165, 1.54) is 34.6 Å². The number of piperidine rings is 1. The van der Waals surface area contributed by atoms with E-state index in [1.54, 1.807) is 11.0 Å². The van der Waals surface area contributed by atoms with Gasteiger partial charge in [0.25, 0.3) is 0 Å². The van der Waals surface area contributed by atoms with Crippen LogP contribution in [0, 0.1) is 5.92 Å². The quantitative estimate of drug-likeness (QED) is 0.615. The summed E-state index contributed by atoms with van der Waals surface area (Å²) in [5.74, 6) is -0.288. The molecule has 34 heavy (non-hydrogen) atoms. The summed E-state index contributed by atoms with van der Waals surface area (Å²) in [4.78, 5) is 16.8. The Morgan fingerprint density at radius 3 is 2.12 bits per heavy atom. The molecule has 0 bridgehead atoms. The van der Waals surface area contributed by atoms with Crippen molar-refractivity contribution in [1.29, 1.82) is 0 Å². The number of hydrogen-bond donors (Lipinski definition) is 0. The summed E-state index contributed by atoms with van der Waals surface area (Å²) in [5, 5.41) is 0.455. The Hall–Kier alpha value is -2.30. The van der Waals surface area contributed by atoms with Crippen LogP contribution in [0.1, 0.15) is 18.4 Å². The maximum Gasteiger partial charge on any atom is 0.416 e. The van der Waals surface area contributed by atoms with E-state index in [2.05, 4.69) is 0 Å². The van der Waals surface area contributed by atoms with Crippen LogP contribution in [0.3, 0.4) is 0 Å². The van der Waals surface area contributed by atoms with Crippen LogP contribution < -0.4 is 4.90 Å². The Bertz CT molecular complexity index is 1130. The van der Waals surface area contributed by atoms with E-state index in [-0.39, 0.29) is 29.8 Å². The Morgan fingerprint density at radius 2 is 1.53 bits per heavy atom. The number of anilines is 1. The van der Waals surface area contributed by atoms with Crippen molar-refractivity contribution in [3.05, 3.63) is 59.1 Å². The van der Waals surface area contributed by atoms with E-state index in [4.69, 9.17) is 11.6 Å². The van der Waals surface area contributed by atoms with Gasteiger partial charge in [-0.15, -0.1) is 0 Å². The lowest BCUT2D eigenvalue weighted by Gasteiger charge is -2.39. The third-order valence-electron chi connectivity index (χ3n) is 6.38. The van der Waals surface area contributed by atoms with Crippen molar-refractivity contribution < 1.29 is 26.4 Å². The van der Waals surface area contributed by atoms with Crippen LogP contribution in [-0.2, 0) is 21.0 Å². The van der Waals surface area contributed by atoms with E-state index in [0.29, 0.717) is 49.7 Å². The minimum Gasteiger partial charge on any atom is -0.368 e. The van der Waals surface area contributed by atoms with Gasteiger partial charge < -0.3 is 9.80 Å². The number of piperazine rings is 1. The number of carbonyl (C=O) groups is 1. The third-order valence-corrected chi connectivity index (χ3v) is 8.55. The van der Waals surface area contributed by atoms with Gasteiger partial charge in [-0.1, -0.05) is 17.7 Å². The highest BCUT2D eigenvalue weighted by molar-refractivity contribution is 7.89. The number of rotatable bonds is 4. The maximum atomic E-state index is 13.0. The molecule has 0 atom stereocenters. The topological polar surface area (TPSA) is 60.9 Å². The summed E-state index contributed by atoms with van der Waals surface area (Å²) >= 11 is 5.85. The first-order chi connectivity index (χ1) is 16.1. The smallest absolute Gasteiger partial charge is 0.368 e. The average Bonchev–Trinajstić information content (AvgIpc) is 2.83.